The monoisotopic (exact) mass is 317 g/mol. The summed E-state index contributed by atoms with van der Waals surface area (Å²) in [5.74, 6) is 0. The van der Waals surface area contributed by atoms with Gasteiger partial charge >= 0.3 is 0 Å². The summed E-state index contributed by atoms with van der Waals surface area (Å²) in [5, 5.41) is 12.8. The summed E-state index contributed by atoms with van der Waals surface area (Å²) in [6.45, 7) is 0. The van der Waals surface area contributed by atoms with Crippen LogP contribution < -0.4 is 4.72 Å². The van der Waals surface area contributed by atoms with Crippen LogP contribution in [0.3, 0.4) is 0 Å². The van der Waals surface area contributed by atoms with Crippen LogP contribution in [0.1, 0.15) is 37.4 Å². The van der Waals surface area contributed by atoms with Crippen LogP contribution in [0.15, 0.2) is 35.6 Å². The third-order valence-electron chi connectivity index (χ3n) is 3.67. The maximum atomic E-state index is 12.3. The first-order chi connectivity index (χ1) is 10.6. The molecule has 0 bridgehead atoms. The van der Waals surface area contributed by atoms with Crippen molar-refractivity contribution in [3.05, 3.63) is 36.3 Å². The summed E-state index contributed by atoms with van der Waals surface area (Å²) < 4.78 is 28.8. The molecule has 3 rings (SSSR count). The Morgan fingerprint density at radius 1 is 1.32 bits per heavy atom. The maximum Gasteiger partial charge on any atom is 0.279 e. The highest BCUT2D eigenvalue weighted by Gasteiger charge is 2.20. The molecule has 0 atom stereocenters. The highest BCUT2D eigenvalue weighted by Crippen LogP contribution is 2.29. The molecule has 22 heavy (non-hydrogen) atoms. The highest BCUT2D eigenvalue weighted by molar-refractivity contribution is 7.92. The van der Waals surface area contributed by atoms with Gasteiger partial charge in [-0.05, 0) is 25.0 Å². The molecule has 1 fully saturated rings. The fourth-order valence-corrected chi connectivity index (χ4v) is 3.59. The van der Waals surface area contributed by atoms with Crippen molar-refractivity contribution in [2.75, 3.05) is 4.72 Å². The van der Waals surface area contributed by atoms with Gasteiger partial charge in [-0.2, -0.15) is 18.8 Å². The number of nitrogens with one attached hydrogen (secondary N) is 1. The molecule has 1 saturated carbocycles. The Kier molecular flexibility index (Phi) is 3.81. The van der Waals surface area contributed by atoms with Gasteiger partial charge in [-0.25, -0.2) is 4.98 Å². The van der Waals surface area contributed by atoms with Gasteiger partial charge in [0.25, 0.3) is 10.0 Å². The predicted octanol–water partition coefficient (Wildman–Crippen LogP) is 2.07. The molecule has 2 heterocycles. The first-order valence-corrected chi connectivity index (χ1v) is 8.51. The van der Waals surface area contributed by atoms with Crippen LogP contribution in [0.2, 0.25) is 0 Å². The van der Waals surface area contributed by atoms with Crippen molar-refractivity contribution in [1.29, 1.82) is 5.26 Å². The van der Waals surface area contributed by atoms with E-state index in [1.54, 1.807) is 6.20 Å². The Hall–Kier alpha value is -2.40. The van der Waals surface area contributed by atoms with E-state index in [1.165, 1.54) is 37.2 Å². The third-order valence-corrected chi connectivity index (χ3v) is 4.95. The van der Waals surface area contributed by atoms with Gasteiger partial charge in [0, 0.05) is 6.20 Å². The van der Waals surface area contributed by atoms with Gasteiger partial charge in [0.15, 0.2) is 5.03 Å². The molecule has 1 aliphatic rings. The molecule has 7 nitrogen and oxygen atoms in total. The highest BCUT2D eigenvalue weighted by atomic mass is 32.2. The van der Waals surface area contributed by atoms with Crippen molar-refractivity contribution in [3.63, 3.8) is 0 Å². The number of pyridine rings is 1. The fourth-order valence-electron chi connectivity index (χ4n) is 2.59. The standard InChI is InChI=1S/C14H15N5O2S/c15-8-11-4-3-7-14(17-11)22(20,21)18-12-9-16-19(10-12)13-5-1-2-6-13/h3-4,7,9-10,13,18H,1-2,5-6H2. The fraction of sp³-hybridized carbons (Fsp3) is 0.357. The normalized spacial score (nSPS) is 15.6. The molecule has 8 heteroatoms. The molecule has 0 radical (unpaired) electrons. The quantitative estimate of drug-likeness (QED) is 0.930. The number of hydrogen-bond donors (Lipinski definition) is 1. The van der Waals surface area contributed by atoms with Gasteiger partial charge in [-0.1, -0.05) is 18.9 Å². The van der Waals surface area contributed by atoms with Gasteiger partial charge < -0.3 is 0 Å². The minimum atomic E-state index is -3.82. The van der Waals surface area contributed by atoms with E-state index in [0.717, 1.165) is 12.8 Å². The second kappa shape index (κ2) is 5.77. The van der Waals surface area contributed by atoms with Crippen molar-refractivity contribution >= 4 is 15.7 Å². The van der Waals surface area contributed by atoms with Gasteiger partial charge in [0.1, 0.15) is 11.8 Å². The molecule has 2 aromatic rings. The van der Waals surface area contributed by atoms with Gasteiger partial charge in [-0.3, -0.25) is 9.40 Å². The zero-order valence-corrected chi connectivity index (χ0v) is 12.6. The summed E-state index contributed by atoms with van der Waals surface area (Å²) in [7, 11) is -3.82. The number of rotatable bonds is 4. The minimum Gasteiger partial charge on any atom is -0.275 e. The van der Waals surface area contributed by atoms with E-state index >= 15 is 0 Å². The number of sulfonamides is 1. The molecule has 0 aromatic carbocycles. The van der Waals surface area contributed by atoms with E-state index in [1.807, 2.05) is 10.8 Å². The Morgan fingerprint density at radius 2 is 2.09 bits per heavy atom. The first-order valence-electron chi connectivity index (χ1n) is 7.02. The van der Waals surface area contributed by atoms with Crippen LogP contribution in [0.25, 0.3) is 0 Å². The Balaban J connectivity index is 1.80. The number of hydrogen-bond acceptors (Lipinski definition) is 5. The van der Waals surface area contributed by atoms with Gasteiger partial charge in [0.2, 0.25) is 0 Å². The van der Waals surface area contributed by atoms with Gasteiger partial charge in [0.05, 0.1) is 17.9 Å². The topological polar surface area (TPSA) is 101 Å². The van der Waals surface area contributed by atoms with E-state index < -0.39 is 10.0 Å². The lowest BCUT2D eigenvalue weighted by molar-refractivity contribution is 0.467. The third kappa shape index (κ3) is 2.94. The smallest absolute Gasteiger partial charge is 0.275 e. The molecule has 0 spiro atoms. The molecule has 0 saturated heterocycles. The Bertz CT molecular complexity index is 816. The largest absolute Gasteiger partial charge is 0.279 e. The van der Waals surface area contributed by atoms with E-state index in [2.05, 4.69) is 14.8 Å². The summed E-state index contributed by atoms with van der Waals surface area (Å²) in [6, 6.07) is 6.47. The van der Waals surface area contributed by atoms with Crippen molar-refractivity contribution in [2.24, 2.45) is 0 Å². The lowest BCUT2D eigenvalue weighted by Crippen LogP contribution is -2.14. The van der Waals surface area contributed by atoms with E-state index in [9.17, 15) is 8.42 Å². The zero-order chi connectivity index (χ0) is 15.6. The molecular weight excluding hydrogens is 302 g/mol. The van der Waals surface area contributed by atoms with Crippen LogP contribution in [0, 0.1) is 11.3 Å². The molecule has 1 aliphatic carbocycles. The number of nitrogens with zero attached hydrogens (tertiary/aromatic N) is 4. The van der Waals surface area contributed by atoms with E-state index in [4.69, 9.17) is 5.26 Å². The Morgan fingerprint density at radius 3 is 2.82 bits per heavy atom. The molecule has 0 unspecified atom stereocenters. The molecule has 1 N–H and O–H groups in total. The average molecular weight is 317 g/mol. The van der Waals surface area contributed by atoms with Crippen LogP contribution >= 0.6 is 0 Å². The second-order valence-electron chi connectivity index (χ2n) is 5.23. The minimum absolute atomic E-state index is 0.0597. The van der Waals surface area contributed by atoms with Crippen molar-refractivity contribution in [1.82, 2.24) is 14.8 Å². The summed E-state index contributed by atoms with van der Waals surface area (Å²) in [6.07, 6.45) is 7.68. The second-order valence-corrected chi connectivity index (χ2v) is 6.85. The van der Waals surface area contributed by atoms with E-state index in [0.29, 0.717) is 11.7 Å². The number of nitriles is 1. The molecule has 0 amide bonds. The van der Waals surface area contributed by atoms with Crippen molar-refractivity contribution in [3.8, 4) is 6.07 Å². The van der Waals surface area contributed by atoms with Crippen molar-refractivity contribution in [2.45, 2.75) is 36.8 Å². The molecule has 0 aliphatic heterocycles. The SMILES string of the molecule is N#Cc1cccc(S(=O)(=O)Nc2cnn(C3CCCC3)c2)n1. The molecular formula is C14H15N5O2S. The average Bonchev–Trinajstić information content (AvgIpc) is 3.18. The summed E-state index contributed by atoms with van der Waals surface area (Å²) >= 11 is 0. The van der Waals surface area contributed by atoms with Crippen LogP contribution in [-0.2, 0) is 10.0 Å². The molecule has 114 valence electrons. The van der Waals surface area contributed by atoms with E-state index in [-0.39, 0.29) is 10.7 Å². The number of aromatic nitrogens is 3. The maximum absolute atomic E-state index is 12.3. The first kappa shape index (κ1) is 14.5. The van der Waals surface area contributed by atoms with Crippen molar-refractivity contribution < 1.29 is 8.42 Å². The summed E-state index contributed by atoms with van der Waals surface area (Å²) in [4.78, 5) is 3.80. The predicted molar refractivity (Wildman–Crippen MR) is 79.5 cm³/mol. The Labute approximate surface area is 128 Å². The lowest BCUT2D eigenvalue weighted by Gasteiger charge is -2.08. The lowest BCUT2D eigenvalue weighted by atomic mass is 10.3. The number of anilines is 1. The van der Waals surface area contributed by atoms with Gasteiger partial charge in [-0.15, -0.1) is 0 Å². The van der Waals surface area contributed by atoms with Crippen LogP contribution in [0.5, 0.6) is 0 Å². The van der Waals surface area contributed by atoms with Crippen LogP contribution in [-0.4, -0.2) is 23.2 Å². The molecule has 2 aromatic heterocycles. The van der Waals surface area contributed by atoms with Crippen LogP contribution in [0.4, 0.5) is 5.69 Å². The summed E-state index contributed by atoms with van der Waals surface area (Å²) in [5.41, 5.74) is 0.459. The zero-order valence-electron chi connectivity index (χ0n) is 11.8.